The van der Waals surface area contributed by atoms with Crippen LogP contribution in [-0.2, 0) is 24.8 Å². The van der Waals surface area contributed by atoms with Gasteiger partial charge in [-0.25, -0.2) is 15.0 Å². The number of nitrogens with two attached hydrogens (primary N) is 1. The highest BCUT2D eigenvalue weighted by Crippen LogP contribution is 2.41. The van der Waals surface area contributed by atoms with E-state index < -0.39 is 0 Å². The number of rotatable bonds is 6. The number of hydrogen-bond donors (Lipinski definition) is 2. The Morgan fingerprint density at radius 1 is 1.11 bits per heavy atom. The van der Waals surface area contributed by atoms with Gasteiger partial charge in [-0.05, 0) is 73.9 Å². The number of nitrogens with zero attached hydrogens (tertiary/aromatic N) is 6. The third-order valence-corrected chi connectivity index (χ3v) is 10.4. The average Bonchev–Trinajstić information content (AvgIpc) is 3.27. The topological polar surface area (TPSA) is 133 Å². The van der Waals surface area contributed by atoms with Gasteiger partial charge in [0, 0.05) is 60.5 Å². The van der Waals surface area contributed by atoms with Crippen molar-refractivity contribution in [2.45, 2.75) is 50.7 Å². The number of aromatic nitrogens is 5. The van der Waals surface area contributed by atoms with Crippen molar-refractivity contribution in [1.82, 2.24) is 29.0 Å². The molecule has 11 nitrogen and oxygen atoms in total. The summed E-state index contributed by atoms with van der Waals surface area (Å²) < 4.78 is 10.2. The van der Waals surface area contributed by atoms with Crippen molar-refractivity contribution in [3.63, 3.8) is 0 Å². The average molecular weight is 603 g/mol. The van der Waals surface area contributed by atoms with Gasteiger partial charge in [-0.15, -0.1) is 0 Å². The lowest BCUT2D eigenvalue weighted by atomic mass is 10.0. The highest BCUT2D eigenvalue weighted by Gasteiger charge is 2.47. The molecule has 228 valence electrons. The van der Waals surface area contributed by atoms with Crippen LogP contribution in [0.3, 0.4) is 0 Å². The number of amides is 2. The zero-order chi connectivity index (χ0) is 30.6. The molecule has 4 aliphatic rings. The Labute approximate surface area is 259 Å². The molecule has 6 heterocycles. The molecule has 9 rings (SSSR count). The second-order valence-corrected chi connectivity index (χ2v) is 13.1. The minimum Gasteiger partial charge on any atom is -0.494 e. The van der Waals surface area contributed by atoms with Crippen LogP contribution in [0, 0.1) is 11.8 Å². The monoisotopic (exact) mass is 602 g/mol. The number of imidazole rings is 1. The molecule has 2 aliphatic carbocycles. The lowest BCUT2D eigenvalue weighted by molar-refractivity contribution is -0.115. The third-order valence-electron chi connectivity index (χ3n) is 10.4. The van der Waals surface area contributed by atoms with Gasteiger partial charge in [0.15, 0.2) is 5.82 Å². The van der Waals surface area contributed by atoms with Gasteiger partial charge >= 0.3 is 0 Å². The van der Waals surface area contributed by atoms with Gasteiger partial charge in [-0.1, -0.05) is 0 Å². The van der Waals surface area contributed by atoms with Crippen molar-refractivity contribution in [2.75, 3.05) is 19.0 Å². The minimum absolute atomic E-state index is 0.0101. The fourth-order valence-electron chi connectivity index (χ4n) is 7.83. The van der Waals surface area contributed by atoms with Crippen LogP contribution in [0.2, 0.25) is 0 Å². The van der Waals surface area contributed by atoms with Crippen LogP contribution in [-0.4, -0.2) is 66.5 Å². The molecule has 0 spiro atoms. The molecule has 2 bridgehead atoms. The summed E-state index contributed by atoms with van der Waals surface area (Å²) in [6.45, 7) is 1.55. The number of aryl methyl sites for hydroxylation is 1. The minimum atomic E-state index is -0.0520. The second-order valence-electron chi connectivity index (χ2n) is 13.1. The Kier molecular flexibility index (Phi) is 5.69. The Hall–Kier alpha value is -4.77. The molecule has 5 aromatic rings. The number of methoxy groups -OCH3 is 1. The number of carbonyl (C=O) groups excluding carboxylic acids is 2. The summed E-state index contributed by atoms with van der Waals surface area (Å²) in [5, 5.41) is 3.86. The van der Waals surface area contributed by atoms with Gasteiger partial charge in [0.25, 0.3) is 5.91 Å². The number of fused-ring (bicyclic) bond motifs is 5. The predicted molar refractivity (Wildman–Crippen MR) is 170 cm³/mol. The third kappa shape index (κ3) is 4.03. The lowest BCUT2D eigenvalue weighted by Crippen LogP contribution is -2.41. The van der Waals surface area contributed by atoms with Crippen molar-refractivity contribution in [1.29, 1.82) is 0 Å². The standard InChI is InChI=1S/C34H34N8O3/c1-40-30-24(11-20(13-27(30)45-2)34(44)42-16-19-6-8-25(42)29(19)35)38-33(40)26-12-18-5-7-23(37-32(18)41(26)15-17-3-4-17)21-9-10-36-31-22(21)14-28(43)39-31/h5,7,9-13,17,19,25,29H,3-4,6,8,14-16,35H2,1-2H3,(H,36,39,43). The van der Waals surface area contributed by atoms with E-state index in [0.29, 0.717) is 47.4 Å². The Morgan fingerprint density at radius 3 is 2.73 bits per heavy atom. The molecule has 1 aromatic carbocycles. The summed E-state index contributed by atoms with van der Waals surface area (Å²) in [6.07, 6.45) is 6.45. The van der Waals surface area contributed by atoms with Gasteiger partial charge < -0.3 is 29.8 Å². The van der Waals surface area contributed by atoms with E-state index in [4.69, 9.17) is 20.4 Å². The van der Waals surface area contributed by atoms with E-state index in [1.165, 1.54) is 12.8 Å². The number of carbonyl (C=O) groups is 2. The molecule has 3 atom stereocenters. The van der Waals surface area contributed by atoms with Crippen molar-refractivity contribution in [3.8, 4) is 28.5 Å². The van der Waals surface area contributed by atoms with Crippen molar-refractivity contribution < 1.29 is 14.3 Å². The van der Waals surface area contributed by atoms with Gasteiger partial charge in [0.1, 0.15) is 22.7 Å². The molecule has 2 amide bonds. The maximum absolute atomic E-state index is 13.7. The highest BCUT2D eigenvalue weighted by molar-refractivity contribution is 6.01. The van der Waals surface area contributed by atoms with Crippen LogP contribution < -0.4 is 15.8 Å². The number of piperidine rings is 1. The molecule has 0 radical (unpaired) electrons. The number of anilines is 1. The van der Waals surface area contributed by atoms with Crippen LogP contribution in [0.25, 0.3) is 44.8 Å². The molecule has 1 saturated heterocycles. The maximum atomic E-state index is 13.7. The molecular formula is C34H34N8O3. The molecule has 4 aromatic heterocycles. The first kappa shape index (κ1) is 26.6. The SMILES string of the molecule is COc1cc(C(=O)N2CC3CCC2C3N)cc2nc(-c3cc4ccc(-c5ccnc6c5CC(=O)N6)nc4n3CC3CC3)n(C)c12. The molecule has 3 N–H and O–H groups in total. The molecule has 2 saturated carbocycles. The van der Waals surface area contributed by atoms with E-state index in [1.807, 2.05) is 36.2 Å². The summed E-state index contributed by atoms with van der Waals surface area (Å²) in [5.41, 5.74) is 13.0. The summed E-state index contributed by atoms with van der Waals surface area (Å²) in [5.74, 6) is 2.92. The largest absolute Gasteiger partial charge is 0.494 e. The fraction of sp³-hybridized carbons (Fsp3) is 0.382. The first-order chi connectivity index (χ1) is 21.9. The fourth-order valence-corrected chi connectivity index (χ4v) is 7.83. The van der Waals surface area contributed by atoms with Gasteiger partial charge in [-0.2, -0.15) is 0 Å². The highest BCUT2D eigenvalue weighted by atomic mass is 16.5. The number of likely N-dealkylation sites (tertiary alicyclic amines) is 1. The van der Waals surface area contributed by atoms with Crippen LogP contribution in [0.4, 0.5) is 5.82 Å². The Bertz CT molecular complexity index is 2080. The van der Waals surface area contributed by atoms with Crippen molar-refractivity contribution >= 4 is 39.7 Å². The molecule has 11 heteroatoms. The maximum Gasteiger partial charge on any atom is 0.254 e. The predicted octanol–water partition coefficient (Wildman–Crippen LogP) is 4.13. The first-order valence-corrected chi connectivity index (χ1v) is 15.8. The summed E-state index contributed by atoms with van der Waals surface area (Å²) in [7, 11) is 3.63. The van der Waals surface area contributed by atoms with Crippen LogP contribution in [0.5, 0.6) is 5.75 Å². The molecule has 3 fully saturated rings. The van der Waals surface area contributed by atoms with E-state index in [2.05, 4.69) is 31.6 Å². The summed E-state index contributed by atoms with van der Waals surface area (Å²) >= 11 is 0. The molecule has 3 unspecified atom stereocenters. The number of pyridine rings is 2. The van der Waals surface area contributed by atoms with Crippen LogP contribution in [0.15, 0.2) is 42.6 Å². The van der Waals surface area contributed by atoms with E-state index >= 15 is 0 Å². The van der Waals surface area contributed by atoms with Gasteiger partial charge in [-0.3, -0.25) is 9.59 Å². The van der Waals surface area contributed by atoms with E-state index in [9.17, 15) is 9.59 Å². The van der Waals surface area contributed by atoms with Crippen molar-refractivity contribution in [2.24, 2.45) is 24.6 Å². The quantitative estimate of drug-likeness (QED) is 0.299. The van der Waals surface area contributed by atoms with Crippen molar-refractivity contribution in [3.05, 3.63) is 53.7 Å². The molecule has 2 aliphatic heterocycles. The van der Waals surface area contributed by atoms with Crippen LogP contribution >= 0.6 is 0 Å². The summed E-state index contributed by atoms with van der Waals surface area (Å²) in [4.78, 5) is 42.5. The number of benzene rings is 1. The number of ether oxygens (including phenoxy) is 1. The van der Waals surface area contributed by atoms with Crippen LogP contribution in [0.1, 0.15) is 41.6 Å². The summed E-state index contributed by atoms with van der Waals surface area (Å²) in [6, 6.07) is 12.1. The molecular weight excluding hydrogens is 568 g/mol. The van der Waals surface area contributed by atoms with E-state index in [1.54, 1.807) is 13.3 Å². The normalized spacial score (nSPS) is 22.1. The first-order valence-electron chi connectivity index (χ1n) is 15.8. The lowest BCUT2D eigenvalue weighted by Gasteiger charge is -2.27. The Morgan fingerprint density at radius 2 is 1.98 bits per heavy atom. The number of nitrogens with one attached hydrogen (secondary N) is 1. The molecule has 45 heavy (non-hydrogen) atoms. The van der Waals surface area contributed by atoms with Gasteiger partial charge in [0.2, 0.25) is 5.91 Å². The smallest absolute Gasteiger partial charge is 0.254 e. The number of hydrogen-bond acceptors (Lipinski definition) is 7. The van der Waals surface area contributed by atoms with E-state index in [0.717, 1.165) is 64.3 Å². The van der Waals surface area contributed by atoms with Gasteiger partial charge in [0.05, 0.1) is 30.4 Å². The second kappa shape index (κ2) is 9.61. The zero-order valence-electron chi connectivity index (χ0n) is 25.3. The van der Waals surface area contributed by atoms with E-state index in [-0.39, 0.29) is 23.9 Å². The Balaban J connectivity index is 1.16. The zero-order valence-corrected chi connectivity index (χ0v) is 25.3.